The summed E-state index contributed by atoms with van der Waals surface area (Å²) in [5.74, 6) is -0.940. The van der Waals surface area contributed by atoms with Crippen molar-refractivity contribution in [1.82, 2.24) is 47.0 Å². The van der Waals surface area contributed by atoms with Crippen molar-refractivity contribution in [2.45, 2.75) is 70.4 Å². The summed E-state index contributed by atoms with van der Waals surface area (Å²) in [6.45, 7) is 9.32. The molecular formula is C46H75N9O14S. The number of nitrogens with zero attached hydrogens (tertiary/aromatic N) is 3. The molecule has 24 heteroatoms. The van der Waals surface area contributed by atoms with Crippen molar-refractivity contribution in [3.05, 3.63) is 29.8 Å². The molecule has 1 aromatic heterocycles. The lowest BCUT2D eigenvalue weighted by Crippen LogP contribution is -2.37. The Balaban J connectivity index is 1.62. The van der Waals surface area contributed by atoms with E-state index in [1.165, 1.54) is 11.8 Å². The van der Waals surface area contributed by atoms with E-state index in [1.54, 1.807) is 29.2 Å². The third kappa shape index (κ3) is 31.1. The van der Waals surface area contributed by atoms with Crippen LogP contribution in [0, 0.1) is 0 Å². The van der Waals surface area contributed by atoms with Crippen molar-refractivity contribution in [3.8, 4) is 11.5 Å². The van der Waals surface area contributed by atoms with Crippen LogP contribution in [0.3, 0.4) is 0 Å². The Morgan fingerprint density at radius 1 is 0.471 bits per heavy atom. The average molecular weight is 1010 g/mol. The van der Waals surface area contributed by atoms with E-state index in [2.05, 4.69) is 42.1 Å². The van der Waals surface area contributed by atoms with Gasteiger partial charge in [0.05, 0.1) is 79.3 Å². The van der Waals surface area contributed by atoms with E-state index in [1.807, 2.05) is 20.1 Å². The molecule has 0 unspecified atom stereocenters. The summed E-state index contributed by atoms with van der Waals surface area (Å²) in [6.07, 6.45) is 4.60. The second-order valence-corrected chi connectivity index (χ2v) is 16.0. The maximum absolute atomic E-state index is 13.6. The quantitative estimate of drug-likeness (QED) is 0.0397. The first kappa shape index (κ1) is 60.9. The van der Waals surface area contributed by atoms with Crippen molar-refractivity contribution in [3.63, 3.8) is 0 Å². The normalized spacial score (nSPS) is 10.9. The summed E-state index contributed by atoms with van der Waals surface area (Å²) < 4.78 is 38.7. The highest BCUT2D eigenvalue weighted by atomic mass is 32.2. The van der Waals surface area contributed by atoms with Gasteiger partial charge in [-0.05, 0) is 43.4 Å². The zero-order chi connectivity index (χ0) is 50.9. The van der Waals surface area contributed by atoms with Crippen molar-refractivity contribution in [2.75, 3.05) is 138 Å². The van der Waals surface area contributed by atoms with E-state index in [0.29, 0.717) is 61.6 Å². The van der Waals surface area contributed by atoms with Gasteiger partial charge < -0.3 is 69.6 Å². The molecule has 0 atom stereocenters. The minimum atomic E-state index is -0.275. The van der Waals surface area contributed by atoms with Gasteiger partial charge in [0.15, 0.2) is 0 Å². The maximum atomic E-state index is 13.6. The molecule has 7 amide bonds. The molecule has 0 bridgehead atoms. The Kier molecular flexibility index (Phi) is 35.2. The summed E-state index contributed by atoms with van der Waals surface area (Å²) >= 11 is 1.32. The van der Waals surface area contributed by atoms with Crippen LogP contribution in [0.1, 0.15) is 75.6 Å². The Hall–Kier alpha value is -5.24. The molecule has 0 aliphatic rings. The topological polar surface area (TPSA) is 289 Å². The number of rotatable bonds is 43. The van der Waals surface area contributed by atoms with Gasteiger partial charge in [0.25, 0.3) is 11.1 Å². The van der Waals surface area contributed by atoms with Crippen molar-refractivity contribution >= 4 is 53.1 Å². The summed E-state index contributed by atoms with van der Waals surface area (Å²) in [5.41, 5.74) is 1.07. The van der Waals surface area contributed by atoms with Crippen molar-refractivity contribution < 1.29 is 66.4 Å². The molecule has 0 spiro atoms. The van der Waals surface area contributed by atoms with E-state index in [4.69, 9.17) is 32.8 Å². The van der Waals surface area contributed by atoms with Crippen LogP contribution in [0.25, 0.3) is 11.5 Å². The molecule has 0 saturated carbocycles. The lowest BCUT2D eigenvalue weighted by molar-refractivity contribution is -0.124. The highest BCUT2D eigenvalue weighted by Crippen LogP contribution is 2.22. The Morgan fingerprint density at radius 3 is 1.11 bits per heavy atom. The van der Waals surface area contributed by atoms with Gasteiger partial charge in [-0.25, -0.2) is 0 Å². The highest BCUT2D eigenvalue weighted by Gasteiger charge is 2.18. The van der Waals surface area contributed by atoms with E-state index in [9.17, 15) is 33.6 Å². The fraction of sp³-hybridized carbons (Fsp3) is 0.674. The Labute approximate surface area is 415 Å². The predicted molar refractivity (Wildman–Crippen MR) is 259 cm³/mol. The number of benzene rings is 1. The number of carbonyl (C=O) groups is 7. The lowest BCUT2D eigenvalue weighted by atomic mass is 10.1. The number of carbonyl (C=O) groups excluding carboxylic acids is 7. The molecule has 2 aromatic rings. The molecule has 2 rings (SSSR count). The van der Waals surface area contributed by atoms with Gasteiger partial charge >= 0.3 is 0 Å². The van der Waals surface area contributed by atoms with E-state index in [-0.39, 0.29) is 172 Å². The zero-order valence-electron chi connectivity index (χ0n) is 41.1. The number of aromatic nitrogens is 2. The van der Waals surface area contributed by atoms with Crippen molar-refractivity contribution in [1.29, 1.82) is 0 Å². The molecule has 0 aliphatic heterocycles. The van der Waals surface area contributed by atoms with Gasteiger partial charge in [-0.15, -0.1) is 10.2 Å². The molecule has 0 fully saturated rings. The summed E-state index contributed by atoms with van der Waals surface area (Å²) in [5, 5.41) is 24.9. The first-order chi connectivity index (χ1) is 34.1. The monoisotopic (exact) mass is 1010 g/mol. The molecule has 0 radical (unpaired) electrons. The lowest BCUT2D eigenvalue weighted by Gasteiger charge is -2.23. The molecule has 23 nitrogen and oxygen atoms in total. The third-order valence-electron chi connectivity index (χ3n) is 9.52. The largest absolute Gasteiger partial charge is 0.411 e. The number of hydrogen-bond donors (Lipinski definition) is 6. The van der Waals surface area contributed by atoms with Crippen LogP contribution < -0.4 is 31.9 Å². The number of thioether (sulfide) groups is 1. The highest BCUT2D eigenvalue weighted by molar-refractivity contribution is 7.98. The van der Waals surface area contributed by atoms with Gasteiger partial charge in [0, 0.05) is 102 Å². The second kappa shape index (κ2) is 40.5. The van der Waals surface area contributed by atoms with E-state index >= 15 is 0 Å². The second-order valence-electron chi connectivity index (χ2n) is 15.2. The molecule has 0 aliphatic carbocycles. The predicted octanol–water partition coefficient (Wildman–Crippen LogP) is 0.858. The van der Waals surface area contributed by atoms with Gasteiger partial charge in [-0.3, -0.25) is 33.6 Å². The van der Waals surface area contributed by atoms with Crippen LogP contribution in [0.4, 0.5) is 0 Å². The van der Waals surface area contributed by atoms with E-state index < -0.39 is 0 Å². The number of amides is 7. The van der Waals surface area contributed by atoms with Crippen LogP contribution in [0.15, 0.2) is 33.9 Å². The molecule has 0 saturated heterocycles. The number of nitrogens with one attached hydrogen (secondary N) is 6. The molecule has 1 aromatic carbocycles. The first-order valence-electron chi connectivity index (χ1n) is 23.9. The van der Waals surface area contributed by atoms with Crippen LogP contribution in [0.5, 0.6) is 0 Å². The van der Waals surface area contributed by atoms with Crippen LogP contribution >= 0.6 is 11.8 Å². The molecule has 70 heavy (non-hydrogen) atoms. The summed E-state index contributed by atoms with van der Waals surface area (Å²) in [7, 11) is 0. The maximum Gasteiger partial charge on any atom is 0.276 e. The van der Waals surface area contributed by atoms with Gasteiger partial charge in [0.2, 0.25) is 41.3 Å². The minimum absolute atomic E-state index is 0.0629. The van der Waals surface area contributed by atoms with Gasteiger partial charge in [0.1, 0.15) is 0 Å². The fourth-order valence-electron chi connectivity index (χ4n) is 5.72. The first-order valence-corrected chi connectivity index (χ1v) is 25.1. The average Bonchev–Trinajstić information content (AvgIpc) is 3.85. The summed E-state index contributed by atoms with van der Waals surface area (Å²) in [6, 6.07) is 6.77. The summed E-state index contributed by atoms with van der Waals surface area (Å²) in [4.78, 5) is 87.0. The van der Waals surface area contributed by atoms with Crippen molar-refractivity contribution in [2.24, 2.45) is 0 Å². The smallest absolute Gasteiger partial charge is 0.276 e. The minimum Gasteiger partial charge on any atom is -0.411 e. The zero-order valence-corrected chi connectivity index (χ0v) is 41.9. The number of ether oxygens (including phenoxy) is 6. The van der Waals surface area contributed by atoms with Gasteiger partial charge in [-0.1, -0.05) is 25.6 Å². The Bertz CT molecular complexity index is 1710. The van der Waals surface area contributed by atoms with E-state index in [0.717, 1.165) is 12.8 Å². The molecule has 394 valence electrons. The number of hydrogen-bond acceptors (Lipinski definition) is 17. The molecule has 1 heterocycles. The molecular weight excluding hydrogens is 935 g/mol. The van der Waals surface area contributed by atoms with Crippen LogP contribution in [-0.2, 0) is 57.2 Å². The standard InChI is InChI=1S/C46H75N9O14S/c1-4-16-47-38(56)10-24-63-30-18-49-40(58)12-26-65-32-20-51-42(60)14-28-67-34-22-55(45(62)37-8-6-36(7-9-37)44-53-54-46(69-44)70-3)23-35-68-29-15-43(61)52-21-33-66-27-13-41(59)50-19-31-64-25-11-39(57)48-17-5-2/h6-9H,4-5,10-35H2,1-3H3,(H,47,56)(H,48,57)(H,49,58)(H,50,59)(H,51,60)(H,52,61). The fourth-order valence-corrected chi connectivity index (χ4v) is 6.01. The molecule has 6 N–H and O–H groups in total. The third-order valence-corrected chi connectivity index (χ3v) is 10.0. The van der Waals surface area contributed by atoms with Crippen LogP contribution in [-0.4, -0.2) is 194 Å². The Morgan fingerprint density at radius 2 is 0.800 bits per heavy atom. The SMILES string of the molecule is CCCNC(=O)CCOCCNC(=O)CCOCCNC(=O)CCOCCN(CCOCCC(=O)NCCOCCC(=O)NCCOCCC(=O)NCCC)C(=O)c1ccc(-c2nnc(SC)o2)cc1. The van der Waals surface area contributed by atoms with Crippen LogP contribution in [0.2, 0.25) is 0 Å². The van der Waals surface area contributed by atoms with Gasteiger partial charge in [-0.2, -0.15) is 0 Å².